The predicted octanol–water partition coefficient (Wildman–Crippen LogP) is 4.66. The molecule has 1 radical (unpaired) electrons. The second kappa shape index (κ2) is 6.57. The van der Waals surface area contributed by atoms with E-state index in [9.17, 15) is 0 Å². The van der Waals surface area contributed by atoms with Crippen LogP contribution < -0.4 is 4.74 Å². The van der Waals surface area contributed by atoms with E-state index in [-0.39, 0.29) is 5.04 Å². The minimum absolute atomic E-state index is 0.254. The van der Waals surface area contributed by atoms with E-state index >= 15 is 0 Å². The molecule has 1 aromatic rings. The summed E-state index contributed by atoms with van der Waals surface area (Å²) in [7, 11) is -1.65. The molecule has 0 N–H and O–H groups in total. The predicted molar refractivity (Wildman–Crippen MR) is 84.2 cm³/mol. The largest absolute Gasteiger partial charge is 0.491 e. The fourth-order valence-corrected chi connectivity index (χ4v) is 2.48. The van der Waals surface area contributed by atoms with Crippen molar-refractivity contribution in [1.82, 2.24) is 0 Å². The number of benzene rings is 1. The molecule has 0 fully saturated rings. The first-order valence-electron chi connectivity index (χ1n) is 6.92. The highest BCUT2D eigenvalue weighted by Gasteiger charge is 2.36. The van der Waals surface area contributed by atoms with Gasteiger partial charge in [-0.2, -0.15) is 0 Å². The third-order valence-electron chi connectivity index (χ3n) is 3.81. The summed E-state index contributed by atoms with van der Waals surface area (Å²) in [6.07, 6.45) is 2.07. The van der Waals surface area contributed by atoms with E-state index in [1.165, 1.54) is 5.56 Å². The summed E-state index contributed by atoms with van der Waals surface area (Å²) in [5.74, 6) is 0.912. The maximum absolute atomic E-state index is 6.08. The van der Waals surface area contributed by atoms with Crippen molar-refractivity contribution < 1.29 is 9.16 Å². The van der Waals surface area contributed by atoms with Crippen LogP contribution in [0.1, 0.15) is 33.3 Å². The van der Waals surface area contributed by atoms with Gasteiger partial charge in [0.2, 0.25) is 0 Å². The molecule has 107 valence electrons. The van der Waals surface area contributed by atoms with Crippen molar-refractivity contribution in [2.75, 3.05) is 13.2 Å². The second-order valence-electron chi connectivity index (χ2n) is 6.32. The van der Waals surface area contributed by atoms with Crippen LogP contribution in [-0.4, -0.2) is 21.5 Å². The topological polar surface area (TPSA) is 18.5 Å². The fourth-order valence-electron chi connectivity index (χ4n) is 1.46. The summed E-state index contributed by atoms with van der Waals surface area (Å²) in [5.41, 5.74) is 1.18. The highest BCUT2D eigenvalue weighted by Crippen LogP contribution is 2.36. The molecule has 3 heteroatoms. The van der Waals surface area contributed by atoms with Crippen molar-refractivity contribution in [3.8, 4) is 5.75 Å². The Labute approximate surface area is 119 Å². The van der Waals surface area contributed by atoms with Crippen LogP contribution >= 0.6 is 0 Å². The van der Waals surface area contributed by atoms with Crippen LogP contribution in [0.2, 0.25) is 18.1 Å². The maximum Gasteiger partial charge on any atom is 0.192 e. The number of hydrogen-bond acceptors (Lipinski definition) is 2. The summed E-state index contributed by atoms with van der Waals surface area (Å²) >= 11 is 0. The first kappa shape index (κ1) is 16.3. The molecule has 0 saturated carbocycles. The minimum Gasteiger partial charge on any atom is -0.491 e. The van der Waals surface area contributed by atoms with Crippen molar-refractivity contribution in [1.29, 1.82) is 0 Å². The number of hydrogen-bond donors (Lipinski definition) is 0. The zero-order valence-electron chi connectivity index (χ0n) is 13.1. The Bertz CT molecular complexity index is 394. The fraction of sp³-hybridized carbons (Fsp3) is 0.562. The lowest BCUT2D eigenvalue weighted by molar-refractivity contribution is 0.203. The van der Waals surface area contributed by atoms with Gasteiger partial charge in [-0.15, -0.1) is 0 Å². The van der Waals surface area contributed by atoms with Gasteiger partial charge in [-0.25, -0.2) is 0 Å². The smallest absolute Gasteiger partial charge is 0.192 e. The lowest BCUT2D eigenvalue weighted by Crippen LogP contribution is -2.41. The molecule has 0 aliphatic carbocycles. The van der Waals surface area contributed by atoms with E-state index in [0.717, 1.165) is 5.75 Å². The van der Waals surface area contributed by atoms with E-state index in [0.29, 0.717) is 13.2 Å². The average molecular weight is 279 g/mol. The first-order chi connectivity index (χ1) is 8.76. The van der Waals surface area contributed by atoms with Gasteiger partial charge in [0.15, 0.2) is 8.32 Å². The molecule has 1 rings (SSSR count). The highest BCUT2D eigenvalue weighted by atomic mass is 28.4. The molecular weight excluding hydrogens is 252 g/mol. The molecule has 2 nitrogen and oxygen atoms in total. The SMILES string of the molecule is C[CH]c1cccc(OCCO[Si](C)(C)C(C)(C)C)c1. The van der Waals surface area contributed by atoms with Gasteiger partial charge >= 0.3 is 0 Å². The van der Waals surface area contributed by atoms with Crippen molar-refractivity contribution >= 4 is 8.32 Å². The molecule has 0 aromatic heterocycles. The van der Waals surface area contributed by atoms with E-state index in [4.69, 9.17) is 9.16 Å². The molecule has 0 amide bonds. The van der Waals surface area contributed by atoms with Gasteiger partial charge in [-0.3, -0.25) is 0 Å². The molecule has 0 aliphatic rings. The maximum atomic E-state index is 6.08. The van der Waals surface area contributed by atoms with Crippen molar-refractivity contribution in [3.05, 3.63) is 36.2 Å². The lowest BCUT2D eigenvalue weighted by Gasteiger charge is -2.36. The first-order valence-corrected chi connectivity index (χ1v) is 9.83. The standard InChI is InChI=1S/C16H27O2Si/c1-7-14-9-8-10-15(13-14)17-11-12-18-19(5,6)16(2,3)4/h7-10,13H,11-12H2,1-6H3. The van der Waals surface area contributed by atoms with Gasteiger partial charge in [-0.05, 0) is 42.2 Å². The Balaban J connectivity index is 2.39. The summed E-state index contributed by atoms with van der Waals surface area (Å²) in [5, 5.41) is 0.254. The summed E-state index contributed by atoms with van der Waals surface area (Å²) in [6, 6.07) is 8.12. The third-order valence-corrected chi connectivity index (χ3v) is 8.35. The number of ether oxygens (including phenoxy) is 1. The third kappa shape index (κ3) is 5.00. The molecule has 0 unspecified atom stereocenters. The molecule has 0 heterocycles. The Morgan fingerprint density at radius 2 is 1.84 bits per heavy atom. The van der Waals surface area contributed by atoms with Crippen LogP contribution in [0.5, 0.6) is 5.75 Å². The van der Waals surface area contributed by atoms with E-state index in [1.54, 1.807) is 0 Å². The molecule has 0 atom stereocenters. The molecule has 19 heavy (non-hydrogen) atoms. The second-order valence-corrected chi connectivity index (χ2v) is 11.1. The zero-order chi connectivity index (χ0) is 14.5. The Morgan fingerprint density at radius 3 is 2.42 bits per heavy atom. The molecule has 0 bridgehead atoms. The number of rotatable bonds is 6. The van der Waals surface area contributed by atoms with Gasteiger partial charge in [0.05, 0.1) is 6.61 Å². The van der Waals surface area contributed by atoms with Crippen molar-refractivity contribution in [3.63, 3.8) is 0 Å². The van der Waals surface area contributed by atoms with E-state index in [1.807, 2.05) is 25.1 Å². The summed E-state index contributed by atoms with van der Waals surface area (Å²) in [6.45, 7) is 14.6. The monoisotopic (exact) mass is 279 g/mol. The molecular formula is C16H27O2Si. The van der Waals surface area contributed by atoms with Crippen molar-refractivity contribution in [2.24, 2.45) is 0 Å². The lowest BCUT2D eigenvalue weighted by atomic mass is 10.2. The van der Waals surface area contributed by atoms with Gasteiger partial charge in [-0.1, -0.05) is 39.8 Å². The van der Waals surface area contributed by atoms with Crippen LogP contribution in [-0.2, 0) is 4.43 Å². The Hall–Kier alpha value is -0.803. The van der Waals surface area contributed by atoms with Crippen LogP contribution in [0.25, 0.3) is 0 Å². The summed E-state index contributed by atoms with van der Waals surface area (Å²) in [4.78, 5) is 0. The van der Waals surface area contributed by atoms with Gasteiger partial charge < -0.3 is 9.16 Å². The van der Waals surface area contributed by atoms with Gasteiger partial charge in [0.25, 0.3) is 0 Å². The Morgan fingerprint density at radius 1 is 1.16 bits per heavy atom. The van der Waals surface area contributed by atoms with Crippen LogP contribution in [0.4, 0.5) is 0 Å². The molecule has 0 spiro atoms. The van der Waals surface area contributed by atoms with Crippen LogP contribution in [0, 0.1) is 6.42 Å². The summed E-state index contributed by atoms with van der Waals surface area (Å²) < 4.78 is 11.8. The van der Waals surface area contributed by atoms with Crippen LogP contribution in [0.15, 0.2) is 24.3 Å². The Kier molecular flexibility index (Phi) is 5.62. The van der Waals surface area contributed by atoms with E-state index < -0.39 is 8.32 Å². The molecule has 0 saturated heterocycles. The average Bonchev–Trinajstić information content (AvgIpc) is 2.33. The quantitative estimate of drug-likeness (QED) is 0.557. The van der Waals surface area contributed by atoms with E-state index in [2.05, 4.69) is 46.4 Å². The zero-order valence-corrected chi connectivity index (χ0v) is 14.1. The van der Waals surface area contributed by atoms with Gasteiger partial charge in [0, 0.05) is 0 Å². The molecule has 1 aromatic carbocycles. The highest BCUT2D eigenvalue weighted by molar-refractivity contribution is 6.74. The minimum atomic E-state index is -1.65. The van der Waals surface area contributed by atoms with Crippen molar-refractivity contribution in [2.45, 2.75) is 45.8 Å². The molecule has 0 aliphatic heterocycles. The van der Waals surface area contributed by atoms with Crippen LogP contribution in [0.3, 0.4) is 0 Å². The normalized spacial score (nSPS) is 12.5. The van der Waals surface area contributed by atoms with Gasteiger partial charge in [0.1, 0.15) is 12.4 Å².